The van der Waals surface area contributed by atoms with Crippen molar-refractivity contribution < 1.29 is 27.8 Å². The summed E-state index contributed by atoms with van der Waals surface area (Å²) >= 11 is 0. The van der Waals surface area contributed by atoms with Crippen LogP contribution in [0, 0.1) is 18.3 Å². The fourth-order valence-corrected chi connectivity index (χ4v) is 4.41. The monoisotopic (exact) mass is 509 g/mol. The van der Waals surface area contributed by atoms with E-state index in [1.54, 1.807) is 29.2 Å². The number of aryl methyl sites for hydroxylation is 1. The largest absolute Gasteiger partial charge is 0.586 e. The molecule has 1 amide bonds. The van der Waals surface area contributed by atoms with Crippen LogP contribution in [0.3, 0.4) is 0 Å². The van der Waals surface area contributed by atoms with E-state index in [0.29, 0.717) is 50.4 Å². The summed E-state index contributed by atoms with van der Waals surface area (Å²) < 4.78 is 43.3. The van der Waals surface area contributed by atoms with Crippen LogP contribution < -0.4 is 9.47 Å². The van der Waals surface area contributed by atoms with Gasteiger partial charge in [0.05, 0.1) is 17.3 Å². The molecule has 2 aromatic carbocycles. The van der Waals surface area contributed by atoms with Crippen LogP contribution in [0.1, 0.15) is 28.2 Å². The molecule has 0 spiro atoms. The Morgan fingerprint density at radius 1 is 1.11 bits per heavy atom. The highest BCUT2D eigenvalue weighted by Gasteiger charge is 2.44. The lowest BCUT2D eigenvalue weighted by Crippen LogP contribution is -2.48. The van der Waals surface area contributed by atoms with Gasteiger partial charge < -0.3 is 23.7 Å². The zero-order valence-electron chi connectivity index (χ0n) is 20.2. The maximum Gasteiger partial charge on any atom is 0.586 e. The molecular weight excluding hydrogens is 484 g/mol. The summed E-state index contributed by atoms with van der Waals surface area (Å²) in [7, 11) is 0. The summed E-state index contributed by atoms with van der Waals surface area (Å²) in [5.74, 6) is 0.708. The Balaban J connectivity index is 1.13. The maximum absolute atomic E-state index is 13.4. The molecule has 0 bridgehead atoms. The second-order valence-electron chi connectivity index (χ2n) is 8.92. The number of para-hydroxylation sites is 1. The predicted octanol–water partition coefficient (Wildman–Crippen LogP) is 3.89. The Labute approximate surface area is 212 Å². The lowest BCUT2D eigenvalue weighted by molar-refractivity contribution is -0.287. The molecule has 9 nitrogen and oxygen atoms in total. The van der Waals surface area contributed by atoms with Crippen molar-refractivity contribution in [1.82, 2.24) is 19.4 Å². The zero-order valence-corrected chi connectivity index (χ0v) is 20.2. The minimum absolute atomic E-state index is 0.0826. The number of piperazine rings is 1. The van der Waals surface area contributed by atoms with Gasteiger partial charge in [-0.1, -0.05) is 24.3 Å². The van der Waals surface area contributed by atoms with Crippen LogP contribution in [-0.2, 0) is 24.4 Å². The lowest BCUT2D eigenvalue weighted by atomic mass is 10.1. The first-order valence-corrected chi connectivity index (χ1v) is 11.8. The number of imidazole rings is 1. The Hall–Kier alpha value is -4.17. The molecule has 0 radical (unpaired) electrons. The number of hydrogen-bond acceptors (Lipinski definition) is 7. The van der Waals surface area contributed by atoms with Crippen LogP contribution in [-0.4, -0.2) is 57.9 Å². The van der Waals surface area contributed by atoms with Crippen molar-refractivity contribution >= 4 is 6.09 Å². The molecule has 0 N–H and O–H groups in total. The number of aromatic nitrogens is 2. The average molecular weight is 510 g/mol. The van der Waals surface area contributed by atoms with E-state index in [-0.39, 0.29) is 18.1 Å². The van der Waals surface area contributed by atoms with Crippen molar-refractivity contribution in [1.29, 1.82) is 5.26 Å². The van der Waals surface area contributed by atoms with Gasteiger partial charge in [-0.2, -0.15) is 5.26 Å². The number of carbonyl (C=O) groups excluding carboxylic acids is 1. The van der Waals surface area contributed by atoms with Gasteiger partial charge in [0.25, 0.3) is 0 Å². The normalized spacial score (nSPS) is 16.4. The third kappa shape index (κ3) is 5.49. The lowest BCUT2D eigenvalue weighted by Gasteiger charge is -2.34. The molecule has 1 aromatic heterocycles. The molecule has 192 valence electrons. The van der Waals surface area contributed by atoms with Crippen molar-refractivity contribution in [3.63, 3.8) is 0 Å². The fraction of sp³-hybridized carbons (Fsp3) is 0.346. The number of carbonyl (C=O) groups is 1. The van der Waals surface area contributed by atoms with Crippen LogP contribution in [0.5, 0.6) is 11.5 Å². The Bertz CT molecular complexity index is 1330. The first-order valence-electron chi connectivity index (χ1n) is 11.8. The standard InChI is InChI=1S/C26H25F2N5O4/c1-18-30-14-22(33(18)15-20-7-5-19(13-29)6-8-20)16-31-9-11-32(12-10-31)25(34)35-17-21-3-2-4-23-24(21)37-26(27,28)36-23/h2-8,14H,9-12,15-17H2,1H3. The maximum atomic E-state index is 13.4. The molecule has 2 aliphatic rings. The average Bonchev–Trinajstić information content (AvgIpc) is 3.40. The predicted molar refractivity (Wildman–Crippen MR) is 127 cm³/mol. The number of amides is 1. The topological polar surface area (TPSA) is 92.8 Å². The Morgan fingerprint density at radius 2 is 1.86 bits per heavy atom. The molecule has 3 aromatic rings. The molecule has 1 fully saturated rings. The van der Waals surface area contributed by atoms with Crippen molar-refractivity contribution in [2.75, 3.05) is 26.2 Å². The summed E-state index contributed by atoms with van der Waals surface area (Å²) in [5, 5.41) is 9.00. The number of nitriles is 1. The van der Waals surface area contributed by atoms with Gasteiger partial charge in [-0.3, -0.25) is 4.90 Å². The van der Waals surface area contributed by atoms with E-state index in [1.165, 1.54) is 6.07 Å². The molecule has 0 atom stereocenters. The third-order valence-corrected chi connectivity index (χ3v) is 6.44. The van der Waals surface area contributed by atoms with E-state index in [0.717, 1.165) is 17.1 Å². The number of ether oxygens (including phenoxy) is 3. The van der Waals surface area contributed by atoms with E-state index < -0.39 is 12.4 Å². The summed E-state index contributed by atoms with van der Waals surface area (Å²) in [6.45, 7) is 5.36. The molecular formula is C26H25F2N5O4. The second-order valence-corrected chi connectivity index (χ2v) is 8.92. The van der Waals surface area contributed by atoms with Gasteiger partial charge in [-0.05, 0) is 30.7 Å². The molecule has 0 unspecified atom stereocenters. The summed E-state index contributed by atoms with van der Waals surface area (Å²) in [4.78, 5) is 20.9. The highest BCUT2D eigenvalue weighted by Crippen LogP contribution is 2.43. The minimum Gasteiger partial charge on any atom is -0.444 e. The van der Waals surface area contributed by atoms with Crippen molar-refractivity contribution in [3.05, 3.63) is 76.9 Å². The molecule has 5 rings (SSSR count). The highest BCUT2D eigenvalue weighted by atomic mass is 19.3. The number of rotatable bonds is 6. The zero-order chi connectivity index (χ0) is 26.0. The Morgan fingerprint density at radius 3 is 2.59 bits per heavy atom. The van der Waals surface area contributed by atoms with Gasteiger partial charge in [0.2, 0.25) is 0 Å². The molecule has 37 heavy (non-hydrogen) atoms. The van der Waals surface area contributed by atoms with Gasteiger partial charge >= 0.3 is 12.4 Å². The molecule has 3 heterocycles. The van der Waals surface area contributed by atoms with E-state index >= 15 is 0 Å². The van der Waals surface area contributed by atoms with Crippen molar-refractivity contribution in [2.45, 2.75) is 32.9 Å². The smallest absolute Gasteiger partial charge is 0.444 e. The second kappa shape index (κ2) is 10.1. The van der Waals surface area contributed by atoms with Crippen LogP contribution in [0.15, 0.2) is 48.7 Å². The van der Waals surface area contributed by atoms with Gasteiger partial charge in [-0.15, -0.1) is 8.78 Å². The van der Waals surface area contributed by atoms with Gasteiger partial charge in [0.1, 0.15) is 12.4 Å². The van der Waals surface area contributed by atoms with Crippen LogP contribution >= 0.6 is 0 Å². The van der Waals surface area contributed by atoms with Gasteiger partial charge in [-0.25, -0.2) is 9.78 Å². The van der Waals surface area contributed by atoms with Crippen molar-refractivity contribution in [2.24, 2.45) is 0 Å². The van der Waals surface area contributed by atoms with Crippen LogP contribution in [0.25, 0.3) is 0 Å². The highest BCUT2D eigenvalue weighted by molar-refractivity contribution is 5.68. The van der Waals surface area contributed by atoms with Gasteiger partial charge in [0, 0.05) is 51.0 Å². The fourth-order valence-electron chi connectivity index (χ4n) is 4.41. The van der Waals surface area contributed by atoms with Crippen LogP contribution in [0.4, 0.5) is 13.6 Å². The summed E-state index contributed by atoms with van der Waals surface area (Å²) in [5.41, 5.74) is 3.08. The molecule has 11 heteroatoms. The first kappa shape index (κ1) is 24.5. The Kier molecular flexibility index (Phi) is 6.67. The summed E-state index contributed by atoms with van der Waals surface area (Å²) in [6.07, 6.45) is -2.37. The van der Waals surface area contributed by atoms with Crippen molar-refractivity contribution in [3.8, 4) is 17.6 Å². The number of halogens is 2. The first-order chi connectivity index (χ1) is 17.8. The van der Waals surface area contributed by atoms with Gasteiger partial charge in [0.15, 0.2) is 11.5 Å². The quantitative estimate of drug-likeness (QED) is 0.498. The van der Waals surface area contributed by atoms with E-state index in [9.17, 15) is 13.6 Å². The van der Waals surface area contributed by atoms with Crippen LogP contribution in [0.2, 0.25) is 0 Å². The minimum atomic E-state index is -3.73. The molecule has 0 aliphatic carbocycles. The number of benzene rings is 2. The molecule has 0 saturated carbocycles. The SMILES string of the molecule is Cc1ncc(CN2CCN(C(=O)OCc3cccc4c3OC(F)(F)O4)CC2)n1Cc1ccc(C#N)cc1. The van der Waals surface area contributed by atoms with E-state index in [4.69, 9.17) is 10.00 Å². The molecule has 1 saturated heterocycles. The number of alkyl halides is 2. The van der Waals surface area contributed by atoms with E-state index in [1.807, 2.05) is 25.3 Å². The molecule has 2 aliphatic heterocycles. The number of hydrogen-bond donors (Lipinski definition) is 0. The van der Waals surface area contributed by atoms with E-state index in [2.05, 4.69) is 30.0 Å². The number of nitrogens with zero attached hydrogens (tertiary/aromatic N) is 5. The third-order valence-electron chi connectivity index (χ3n) is 6.44. The number of fused-ring (bicyclic) bond motifs is 1. The summed E-state index contributed by atoms with van der Waals surface area (Å²) in [6, 6.07) is 14.1.